The second kappa shape index (κ2) is 5.24. The van der Waals surface area contributed by atoms with Crippen molar-refractivity contribution in [3.63, 3.8) is 0 Å². The third-order valence-corrected chi connectivity index (χ3v) is 2.03. The fraction of sp³-hybridized carbons (Fsp3) is 0.364. The van der Waals surface area contributed by atoms with E-state index in [0.29, 0.717) is 6.61 Å². The van der Waals surface area contributed by atoms with E-state index in [1.807, 2.05) is 6.92 Å². The van der Waals surface area contributed by atoms with E-state index in [-0.39, 0.29) is 17.0 Å². The van der Waals surface area contributed by atoms with Crippen LogP contribution in [0.4, 0.5) is 5.69 Å². The summed E-state index contributed by atoms with van der Waals surface area (Å²) < 4.78 is 4.97. The number of aromatic hydroxyl groups is 1. The summed E-state index contributed by atoms with van der Waals surface area (Å²) >= 11 is 0. The highest BCUT2D eigenvalue weighted by Crippen LogP contribution is 2.23. The van der Waals surface area contributed by atoms with E-state index in [4.69, 9.17) is 10.5 Å². The average molecular weight is 209 g/mol. The smallest absolute Gasteiger partial charge is 0.340 e. The molecule has 4 heteroatoms. The van der Waals surface area contributed by atoms with E-state index < -0.39 is 5.97 Å². The van der Waals surface area contributed by atoms with Crippen molar-refractivity contribution in [1.82, 2.24) is 0 Å². The Bertz CT molecular complexity index is 350. The van der Waals surface area contributed by atoms with Crippen LogP contribution in [0.1, 0.15) is 30.1 Å². The van der Waals surface area contributed by atoms with Crippen LogP contribution in [-0.4, -0.2) is 17.7 Å². The topological polar surface area (TPSA) is 72.5 Å². The molecule has 0 heterocycles. The van der Waals surface area contributed by atoms with Crippen LogP contribution in [0.5, 0.6) is 5.75 Å². The summed E-state index contributed by atoms with van der Waals surface area (Å²) in [6.07, 6.45) is 1.78. The molecule has 0 fully saturated rings. The number of hydrogen-bond donors (Lipinski definition) is 2. The largest absolute Gasteiger partial charge is 0.506 e. The highest BCUT2D eigenvalue weighted by Gasteiger charge is 2.12. The molecule has 0 amide bonds. The Morgan fingerprint density at radius 3 is 2.93 bits per heavy atom. The van der Waals surface area contributed by atoms with Crippen molar-refractivity contribution in [2.75, 3.05) is 12.3 Å². The van der Waals surface area contributed by atoms with Gasteiger partial charge in [0.25, 0.3) is 0 Å². The third-order valence-electron chi connectivity index (χ3n) is 2.03. The molecule has 0 saturated carbocycles. The van der Waals surface area contributed by atoms with Crippen LogP contribution in [0, 0.1) is 0 Å². The lowest BCUT2D eigenvalue weighted by Crippen LogP contribution is -2.09. The summed E-state index contributed by atoms with van der Waals surface area (Å²) in [5.74, 6) is -0.586. The van der Waals surface area contributed by atoms with E-state index in [0.717, 1.165) is 12.8 Å². The summed E-state index contributed by atoms with van der Waals surface area (Å²) in [7, 11) is 0. The second-order valence-corrected chi connectivity index (χ2v) is 3.23. The Kier molecular flexibility index (Phi) is 3.97. The molecule has 0 bridgehead atoms. The highest BCUT2D eigenvalue weighted by molar-refractivity contribution is 5.96. The maximum atomic E-state index is 11.5. The first-order valence-corrected chi connectivity index (χ1v) is 4.91. The van der Waals surface area contributed by atoms with Gasteiger partial charge >= 0.3 is 5.97 Å². The molecule has 0 unspecified atom stereocenters. The summed E-state index contributed by atoms with van der Waals surface area (Å²) in [6, 6.07) is 4.52. The van der Waals surface area contributed by atoms with Crippen molar-refractivity contribution in [1.29, 1.82) is 0 Å². The maximum Gasteiger partial charge on any atom is 0.340 e. The molecule has 3 N–H and O–H groups in total. The number of rotatable bonds is 4. The molecule has 1 aromatic rings. The molecule has 0 spiro atoms. The van der Waals surface area contributed by atoms with Gasteiger partial charge in [0.1, 0.15) is 5.75 Å². The lowest BCUT2D eigenvalue weighted by molar-refractivity contribution is 0.0500. The quantitative estimate of drug-likeness (QED) is 0.344. The molecule has 0 radical (unpaired) electrons. The number of phenolic OH excluding ortho intramolecular Hbond substituents is 1. The number of phenols is 1. The molecule has 0 saturated heterocycles. The molecule has 0 aliphatic heterocycles. The number of nitrogens with two attached hydrogens (primary N) is 1. The van der Waals surface area contributed by atoms with Crippen molar-refractivity contribution in [3.8, 4) is 5.75 Å². The summed E-state index contributed by atoms with van der Waals surface area (Å²) in [4.78, 5) is 11.5. The first-order chi connectivity index (χ1) is 7.16. The van der Waals surface area contributed by atoms with E-state index in [9.17, 15) is 9.90 Å². The van der Waals surface area contributed by atoms with Gasteiger partial charge in [-0.25, -0.2) is 4.79 Å². The number of carbonyl (C=O) groups excluding carboxylic acids is 1. The number of anilines is 1. The Labute approximate surface area is 88.7 Å². The number of unbranched alkanes of at least 4 members (excludes halogenated alkanes) is 1. The van der Waals surface area contributed by atoms with Crippen molar-refractivity contribution in [2.45, 2.75) is 19.8 Å². The van der Waals surface area contributed by atoms with Crippen molar-refractivity contribution < 1.29 is 14.6 Å². The zero-order chi connectivity index (χ0) is 11.3. The van der Waals surface area contributed by atoms with Gasteiger partial charge in [0.15, 0.2) is 0 Å². The van der Waals surface area contributed by atoms with E-state index in [2.05, 4.69) is 0 Å². The fourth-order valence-electron chi connectivity index (χ4n) is 1.12. The lowest BCUT2D eigenvalue weighted by Gasteiger charge is -2.07. The Morgan fingerprint density at radius 2 is 2.27 bits per heavy atom. The van der Waals surface area contributed by atoms with Gasteiger partial charge in [0.05, 0.1) is 17.9 Å². The summed E-state index contributed by atoms with van der Waals surface area (Å²) in [6.45, 7) is 2.39. The van der Waals surface area contributed by atoms with Crippen molar-refractivity contribution >= 4 is 11.7 Å². The summed E-state index contributed by atoms with van der Waals surface area (Å²) in [5.41, 5.74) is 5.82. The van der Waals surface area contributed by atoms with Gasteiger partial charge in [-0.05, 0) is 18.6 Å². The predicted octanol–water partition coefficient (Wildman–Crippen LogP) is 1.93. The van der Waals surface area contributed by atoms with Crippen LogP contribution in [0.3, 0.4) is 0 Å². The minimum absolute atomic E-state index is 0.0685. The molecular formula is C11H15NO3. The number of esters is 1. The van der Waals surface area contributed by atoms with E-state index >= 15 is 0 Å². The molecule has 0 aliphatic rings. The van der Waals surface area contributed by atoms with Crippen molar-refractivity contribution in [2.24, 2.45) is 0 Å². The molecule has 1 rings (SSSR count). The third kappa shape index (κ3) is 2.87. The Morgan fingerprint density at radius 1 is 1.53 bits per heavy atom. The monoisotopic (exact) mass is 209 g/mol. The highest BCUT2D eigenvalue weighted by atomic mass is 16.5. The standard InChI is InChI=1S/C11H15NO3/c1-2-3-7-15-11(14)8-5-4-6-9(13)10(8)12/h4-6,13H,2-3,7,12H2,1H3. The van der Waals surface area contributed by atoms with Gasteiger partial charge < -0.3 is 15.6 Å². The van der Waals surface area contributed by atoms with E-state index in [1.165, 1.54) is 12.1 Å². The molecule has 0 atom stereocenters. The molecular weight excluding hydrogens is 194 g/mol. The van der Waals surface area contributed by atoms with Gasteiger partial charge in [-0.2, -0.15) is 0 Å². The normalized spacial score (nSPS) is 9.93. The fourth-order valence-corrected chi connectivity index (χ4v) is 1.12. The van der Waals surface area contributed by atoms with Crippen LogP contribution in [0.2, 0.25) is 0 Å². The molecule has 0 aliphatic carbocycles. The zero-order valence-corrected chi connectivity index (χ0v) is 8.69. The van der Waals surface area contributed by atoms with Crippen LogP contribution in [0.15, 0.2) is 18.2 Å². The van der Waals surface area contributed by atoms with Crippen LogP contribution >= 0.6 is 0 Å². The molecule has 82 valence electrons. The zero-order valence-electron chi connectivity index (χ0n) is 8.69. The number of benzene rings is 1. The number of ether oxygens (including phenoxy) is 1. The van der Waals surface area contributed by atoms with Crippen LogP contribution in [-0.2, 0) is 4.74 Å². The van der Waals surface area contributed by atoms with E-state index in [1.54, 1.807) is 6.07 Å². The lowest BCUT2D eigenvalue weighted by atomic mass is 10.1. The number of carbonyl (C=O) groups is 1. The second-order valence-electron chi connectivity index (χ2n) is 3.23. The molecule has 15 heavy (non-hydrogen) atoms. The number of hydrogen-bond acceptors (Lipinski definition) is 4. The van der Waals surface area contributed by atoms with Crippen LogP contribution in [0.25, 0.3) is 0 Å². The first kappa shape index (κ1) is 11.4. The molecule has 0 aromatic heterocycles. The predicted molar refractivity (Wildman–Crippen MR) is 57.7 cm³/mol. The molecule has 4 nitrogen and oxygen atoms in total. The van der Waals surface area contributed by atoms with Gasteiger partial charge in [-0.15, -0.1) is 0 Å². The van der Waals surface area contributed by atoms with Gasteiger partial charge in [0, 0.05) is 0 Å². The summed E-state index contributed by atoms with van der Waals surface area (Å²) in [5, 5.41) is 9.29. The first-order valence-electron chi connectivity index (χ1n) is 4.91. The minimum atomic E-state index is -0.489. The van der Waals surface area contributed by atoms with Gasteiger partial charge in [-0.1, -0.05) is 19.4 Å². The van der Waals surface area contributed by atoms with Gasteiger partial charge in [0.2, 0.25) is 0 Å². The van der Waals surface area contributed by atoms with Gasteiger partial charge in [-0.3, -0.25) is 0 Å². The Hall–Kier alpha value is -1.71. The minimum Gasteiger partial charge on any atom is -0.506 e. The Balaban J connectivity index is 2.69. The molecule has 1 aromatic carbocycles. The SMILES string of the molecule is CCCCOC(=O)c1cccc(O)c1N. The van der Waals surface area contributed by atoms with Crippen molar-refractivity contribution in [3.05, 3.63) is 23.8 Å². The maximum absolute atomic E-state index is 11.5. The average Bonchev–Trinajstić information content (AvgIpc) is 2.22. The van der Waals surface area contributed by atoms with Crippen LogP contribution < -0.4 is 5.73 Å². The number of para-hydroxylation sites is 1. The number of nitrogen functional groups attached to an aromatic ring is 1.